The van der Waals surface area contributed by atoms with Gasteiger partial charge in [0.2, 0.25) is 3.07 Å². The molecule has 0 fully saturated rings. The van der Waals surface area contributed by atoms with Crippen molar-refractivity contribution in [3.63, 3.8) is 0 Å². The molecule has 76 valence electrons. The van der Waals surface area contributed by atoms with Crippen LogP contribution in [0.4, 0.5) is 0 Å². The highest BCUT2D eigenvalue weighted by Gasteiger charge is 2.16. The fourth-order valence-corrected chi connectivity index (χ4v) is 4.99. The van der Waals surface area contributed by atoms with Crippen molar-refractivity contribution >= 4 is 46.7 Å². The molecule has 0 saturated heterocycles. The smallest absolute Gasteiger partial charge is 0.0936 e. The Morgan fingerprint density at radius 2 is 1.31 bits per heavy atom. The number of rotatable bonds is 6. The SMILES string of the molecule is CCCC=C[Si](I)(I)C=CCCC. The van der Waals surface area contributed by atoms with Gasteiger partial charge < -0.3 is 0 Å². The van der Waals surface area contributed by atoms with Crippen molar-refractivity contribution in [2.24, 2.45) is 0 Å². The lowest BCUT2D eigenvalue weighted by molar-refractivity contribution is 0.959. The first-order chi connectivity index (χ1) is 6.12. The molecule has 0 saturated carbocycles. The van der Waals surface area contributed by atoms with Crippen LogP contribution >= 0.6 is 43.6 Å². The highest BCUT2D eigenvalue weighted by atomic mass is 127. The molecule has 0 aliphatic carbocycles. The molecule has 0 aromatic rings. The third-order valence-electron chi connectivity index (χ3n) is 1.59. The van der Waals surface area contributed by atoms with E-state index in [2.05, 4.69) is 81.0 Å². The van der Waals surface area contributed by atoms with Gasteiger partial charge in [0, 0.05) is 0 Å². The predicted molar refractivity (Wildman–Crippen MR) is 81.9 cm³/mol. The van der Waals surface area contributed by atoms with Crippen LogP contribution < -0.4 is 0 Å². The maximum absolute atomic E-state index is 2.61. The maximum Gasteiger partial charge on any atom is 0.236 e. The third-order valence-corrected chi connectivity index (χ3v) is 7.27. The summed E-state index contributed by atoms with van der Waals surface area (Å²) in [5, 5.41) is 0. The van der Waals surface area contributed by atoms with Gasteiger partial charge in [-0.05, 0) is 12.8 Å². The molecule has 0 aromatic heterocycles. The van der Waals surface area contributed by atoms with E-state index in [-0.39, 0.29) is 0 Å². The average Bonchev–Trinajstić information content (AvgIpc) is 2.05. The second-order valence-electron chi connectivity index (χ2n) is 3.06. The lowest BCUT2D eigenvalue weighted by Gasteiger charge is -2.05. The molecule has 0 aliphatic rings. The molecule has 3 heteroatoms. The van der Waals surface area contributed by atoms with Gasteiger partial charge in [0.05, 0.1) is 0 Å². The highest BCUT2D eigenvalue weighted by molar-refractivity contribution is 14.3. The molecule has 13 heavy (non-hydrogen) atoms. The Labute approximate surface area is 109 Å². The Balaban J connectivity index is 3.91. The van der Waals surface area contributed by atoms with Gasteiger partial charge in [-0.2, -0.15) is 0 Å². The molecule has 0 amide bonds. The normalized spacial score (nSPS) is 13.2. The Morgan fingerprint density at radius 3 is 1.62 bits per heavy atom. The van der Waals surface area contributed by atoms with E-state index in [1.807, 2.05) is 0 Å². The van der Waals surface area contributed by atoms with Gasteiger partial charge in [-0.15, -0.1) is 0 Å². The topological polar surface area (TPSA) is 0 Å². The zero-order valence-corrected chi connectivity index (χ0v) is 13.7. The molecular formula is C10H18I2Si. The largest absolute Gasteiger partial charge is 0.236 e. The number of hydrogen-bond acceptors (Lipinski definition) is 0. The second-order valence-corrected chi connectivity index (χ2v) is 22.0. The van der Waals surface area contributed by atoms with Gasteiger partial charge in [0.25, 0.3) is 0 Å². The van der Waals surface area contributed by atoms with Crippen LogP contribution in [0.3, 0.4) is 0 Å². The van der Waals surface area contributed by atoms with Gasteiger partial charge >= 0.3 is 0 Å². The average molecular weight is 420 g/mol. The van der Waals surface area contributed by atoms with E-state index in [0.717, 1.165) is 0 Å². The quantitative estimate of drug-likeness (QED) is 0.319. The van der Waals surface area contributed by atoms with Crippen molar-refractivity contribution in [3.8, 4) is 0 Å². The number of unbranched alkanes of at least 4 members (excludes halogenated alkanes) is 2. The van der Waals surface area contributed by atoms with E-state index in [0.29, 0.717) is 0 Å². The standard InChI is InChI=1S/C10H18I2Si/c1-3-5-7-9-13(11,12)10-8-6-4-2/h7-10H,3-6H2,1-2H3. The molecule has 0 unspecified atom stereocenters. The van der Waals surface area contributed by atoms with E-state index in [4.69, 9.17) is 0 Å². The van der Waals surface area contributed by atoms with E-state index in [9.17, 15) is 0 Å². The van der Waals surface area contributed by atoms with Crippen LogP contribution in [0.15, 0.2) is 23.6 Å². The minimum absolute atomic E-state index is 1.20. The first-order valence-corrected chi connectivity index (χ1v) is 13.2. The van der Waals surface area contributed by atoms with E-state index >= 15 is 0 Å². The molecule has 0 bridgehead atoms. The van der Waals surface area contributed by atoms with Crippen molar-refractivity contribution in [2.75, 3.05) is 0 Å². The van der Waals surface area contributed by atoms with Crippen LogP contribution in [0.25, 0.3) is 0 Å². The number of allylic oxidation sites excluding steroid dienone is 2. The molecular weight excluding hydrogens is 402 g/mol. The Morgan fingerprint density at radius 1 is 0.923 bits per heavy atom. The molecule has 0 atom stereocenters. The number of hydrogen-bond donors (Lipinski definition) is 0. The monoisotopic (exact) mass is 420 g/mol. The maximum atomic E-state index is 2.61. The van der Waals surface area contributed by atoms with Crippen LogP contribution in [0.5, 0.6) is 0 Å². The van der Waals surface area contributed by atoms with E-state index < -0.39 is 3.07 Å². The summed E-state index contributed by atoms with van der Waals surface area (Å²) >= 11 is 5.21. The molecule has 0 N–H and O–H groups in total. The zero-order valence-electron chi connectivity index (χ0n) is 8.39. The van der Waals surface area contributed by atoms with Crippen LogP contribution in [0.1, 0.15) is 39.5 Å². The lowest BCUT2D eigenvalue weighted by Crippen LogP contribution is -2.09. The lowest BCUT2D eigenvalue weighted by atomic mass is 10.3. The highest BCUT2D eigenvalue weighted by Crippen LogP contribution is 2.25. The van der Waals surface area contributed by atoms with Gasteiger partial charge in [0.1, 0.15) is 0 Å². The summed E-state index contributed by atoms with van der Waals surface area (Å²) in [6.07, 6.45) is 9.63. The molecule has 0 rings (SSSR count). The fourth-order valence-electron chi connectivity index (χ4n) is 0.870. The molecule has 0 radical (unpaired) electrons. The summed E-state index contributed by atoms with van der Waals surface area (Å²) in [4.78, 5) is 0. The van der Waals surface area contributed by atoms with Gasteiger partial charge in [0.15, 0.2) is 0 Å². The van der Waals surface area contributed by atoms with Crippen molar-refractivity contribution < 1.29 is 0 Å². The Bertz CT molecular complexity index is 156. The third kappa shape index (κ3) is 9.46. The predicted octanol–water partition coefficient (Wildman–Crippen LogP) is 5.09. The molecule has 0 aliphatic heterocycles. The van der Waals surface area contributed by atoms with E-state index in [1.54, 1.807) is 0 Å². The molecule has 0 heterocycles. The summed E-state index contributed by atoms with van der Waals surface area (Å²) in [5.41, 5.74) is 4.84. The Hall–Kier alpha value is 1.16. The summed E-state index contributed by atoms with van der Waals surface area (Å²) in [5.74, 6) is 0. The van der Waals surface area contributed by atoms with Crippen LogP contribution in [0.2, 0.25) is 0 Å². The van der Waals surface area contributed by atoms with Crippen LogP contribution in [0, 0.1) is 0 Å². The Kier molecular flexibility index (Phi) is 9.22. The number of halogens is 2. The zero-order chi connectivity index (χ0) is 10.2. The molecule has 0 nitrogen and oxygen atoms in total. The van der Waals surface area contributed by atoms with Crippen molar-refractivity contribution in [3.05, 3.63) is 23.6 Å². The summed E-state index contributed by atoms with van der Waals surface area (Å²) in [6.45, 7) is 4.45. The van der Waals surface area contributed by atoms with Crippen molar-refractivity contribution in [2.45, 2.75) is 39.5 Å². The fraction of sp³-hybridized carbons (Fsp3) is 0.600. The summed E-state index contributed by atoms with van der Waals surface area (Å²) < 4.78 is -1.20. The summed E-state index contributed by atoms with van der Waals surface area (Å²) in [7, 11) is 0. The van der Waals surface area contributed by atoms with Gasteiger partial charge in [-0.25, -0.2) is 0 Å². The van der Waals surface area contributed by atoms with Crippen molar-refractivity contribution in [1.29, 1.82) is 0 Å². The second kappa shape index (κ2) is 8.46. The molecule has 0 spiro atoms. The van der Waals surface area contributed by atoms with E-state index in [1.165, 1.54) is 25.7 Å². The summed E-state index contributed by atoms with van der Waals surface area (Å²) in [6, 6.07) is 0. The minimum Gasteiger partial charge on any atom is -0.0936 e. The first-order valence-electron chi connectivity index (χ1n) is 4.85. The van der Waals surface area contributed by atoms with Gasteiger partial charge in [-0.1, -0.05) is 93.8 Å². The first kappa shape index (κ1) is 14.2. The molecule has 0 aromatic carbocycles. The van der Waals surface area contributed by atoms with Crippen molar-refractivity contribution in [1.82, 2.24) is 0 Å². The van der Waals surface area contributed by atoms with Crippen LogP contribution in [-0.2, 0) is 0 Å². The minimum atomic E-state index is -1.20. The van der Waals surface area contributed by atoms with Gasteiger partial charge in [-0.3, -0.25) is 0 Å². The van der Waals surface area contributed by atoms with Crippen LogP contribution in [-0.4, -0.2) is 3.07 Å².